The predicted octanol–water partition coefficient (Wildman–Crippen LogP) is 2.15. The van der Waals surface area contributed by atoms with Crippen molar-refractivity contribution < 1.29 is 9.53 Å². The Balaban J connectivity index is 1.51. The van der Waals surface area contributed by atoms with Gasteiger partial charge < -0.3 is 15.0 Å². The summed E-state index contributed by atoms with van der Waals surface area (Å²) in [6, 6.07) is 8.01. The number of ether oxygens (including phenoxy) is 1. The molecule has 4 heteroatoms. The number of piperidine rings is 1. The van der Waals surface area contributed by atoms with Crippen LogP contribution >= 0.6 is 0 Å². The maximum absolute atomic E-state index is 13.0. The van der Waals surface area contributed by atoms with E-state index in [4.69, 9.17) is 4.74 Å². The lowest BCUT2D eigenvalue weighted by Gasteiger charge is -2.34. The minimum atomic E-state index is -0.0122. The highest BCUT2D eigenvalue weighted by atomic mass is 16.5. The minimum Gasteiger partial charge on any atom is -0.493 e. The molecule has 4 rings (SSSR count). The Hall–Kier alpha value is -1.55. The number of para-hydroxylation sites is 1. The van der Waals surface area contributed by atoms with E-state index in [0.29, 0.717) is 17.9 Å². The normalized spacial score (nSPS) is 26.5. The summed E-state index contributed by atoms with van der Waals surface area (Å²) in [5.74, 6) is 1.19. The summed E-state index contributed by atoms with van der Waals surface area (Å²) < 4.78 is 5.70. The first-order valence-corrected chi connectivity index (χ1v) is 8.49. The summed E-state index contributed by atoms with van der Waals surface area (Å²) in [6.07, 6.45) is 4.40. The number of carbonyl (C=O) groups excluding carboxylic acids is 1. The van der Waals surface area contributed by atoms with Crippen molar-refractivity contribution in [3.05, 3.63) is 29.8 Å². The van der Waals surface area contributed by atoms with E-state index >= 15 is 0 Å². The number of likely N-dealkylation sites (tertiary alicyclic amines) is 1. The molecule has 2 saturated heterocycles. The highest BCUT2D eigenvalue weighted by Crippen LogP contribution is 2.41. The van der Waals surface area contributed by atoms with E-state index in [9.17, 15) is 4.79 Å². The maximum atomic E-state index is 13.0. The van der Waals surface area contributed by atoms with Gasteiger partial charge in [0.1, 0.15) is 5.75 Å². The SMILES string of the molecule is O=C(C1CCOc2ccccc21)N1CCC2(CCNCC2)C1. The molecule has 0 aromatic heterocycles. The van der Waals surface area contributed by atoms with E-state index in [1.54, 1.807) is 0 Å². The van der Waals surface area contributed by atoms with Crippen molar-refractivity contribution in [2.24, 2.45) is 5.41 Å². The van der Waals surface area contributed by atoms with Gasteiger partial charge in [-0.25, -0.2) is 0 Å². The van der Waals surface area contributed by atoms with Gasteiger partial charge in [-0.2, -0.15) is 0 Å². The van der Waals surface area contributed by atoms with Crippen molar-refractivity contribution in [3.8, 4) is 5.75 Å². The van der Waals surface area contributed by atoms with Gasteiger partial charge in [0.15, 0.2) is 0 Å². The third-order valence-electron chi connectivity index (χ3n) is 5.67. The molecule has 1 amide bonds. The Morgan fingerprint density at radius 1 is 1.23 bits per heavy atom. The molecule has 1 aromatic carbocycles. The van der Waals surface area contributed by atoms with Gasteiger partial charge in [-0.05, 0) is 50.3 Å². The molecular formula is C18H24N2O2. The van der Waals surface area contributed by atoms with Crippen molar-refractivity contribution in [1.29, 1.82) is 0 Å². The Morgan fingerprint density at radius 2 is 2.05 bits per heavy atom. The van der Waals surface area contributed by atoms with Crippen molar-refractivity contribution in [1.82, 2.24) is 10.2 Å². The fraction of sp³-hybridized carbons (Fsp3) is 0.611. The van der Waals surface area contributed by atoms with E-state index in [0.717, 1.165) is 43.9 Å². The fourth-order valence-electron chi connectivity index (χ4n) is 4.31. The molecular weight excluding hydrogens is 276 g/mol. The Bertz CT molecular complexity index is 566. The molecule has 0 aliphatic carbocycles. The zero-order valence-electron chi connectivity index (χ0n) is 13.0. The fourth-order valence-corrected chi connectivity index (χ4v) is 4.31. The van der Waals surface area contributed by atoms with Gasteiger partial charge in [0.25, 0.3) is 0 Å². The van der Waals surface area contributed by atoms with Crippen LogP contribution in [0.3, 0.4) is 0 Å². The monoisotopic (exact) mass is 300 g/mol. The lowest BCUT2D eigenvalue weighted by Crippen LogP contribution is -2.41. The molecule has 1 N–H and O–H groups in total. The van der Waals surface area contributed by atoms with Gasteiger partial charge in [-0.1, -0.05) is 18.2 Å². The summed E-state index contributed by atoms with van der Waals surface area (Å²) in [5, 5.41) is 3.44. The highest BCUT2D eigenvalue weighted by molar-refractivity contribution is 5.85. The first kappa shape index (κ1) is 14.1. The van der Waals surface area contributed by atoms with Crippen LogP contribution in [0.25, 0.3) is 0 Å². The van der Waals surface area contributed by atoms with Crippen LogP contribution in [-0.4, -0.2) is 43.6 Å². The van der Waals surface area contributed by atoms with E-state index in [1.165, 1.54) is 19.3 Å². The number of nitrogens with zero attached hydrogens (tertiary/aromatic N) is 1. The van der Waals surface area contributed by atoms with Gasteiger partial charge in [-0.15, -0.1) is 0 Å². The molecule has 1 aromatic rings. The van der Waals surface area contributed by atoms with Crippen LogP contribution in [0.15, 0.2) is 24.3 Å². The lowest BCUT2D eigenvalue weighted by atomic mass is 9.78. The second kappa shape index (κ2) is 5.58. The van der Waals surface area contributed by atoms with Crippen LogP contribution in [0.2, 0.25) is 0 Å². The molecule has 3 heterocycles. The van der Waals surface area contributed by atoms with E-state index in [1.807, 2.05) is 24.3 Å². The number of hydrogen-bond donors (Lipinski definition) is 1. The largest absolute Gasteiger partial charge is 0.493 e. The number of nitrogens with one attached hydrogen (secondary N) is 1. The summed E-state index contributed by atoms with van der Waals surface area (Å²) >= 11 is 0. The summed E-state index contributed by atoms with van der Waals surface area (Å²) in [5.41, 5.74) is 1.45. The van der Waals surface area contributed by atoms with Crippen LogP contribution in [0.4, 0.5) is 0 Å². The molecule has 4 nitrogen and oxygen atoms in total. The van der Waals surface area contributed by atoms with Crippen molar-refractivity contribution >= 4 is 5.91 Å². The number of rotatable bonds is 1. The van der Waals surface area contributed by atoms with Crippen molar-refractivity contribution in [3.63, 3.8) is 0 Å². The first-order chi connectivity index (χ1) is 10.8. The van der Waals surface area contributed by atoms with Crippen LogP contribution < -0.4 is 10.1 Å². The number of fused-ring (bicyclic) bond motifs is 1. The van der Waals surface area contributed by atoms with E-state index in [2.05, 4.69) is 10.2 Å². The van der Waals surface area contributed by atoms with Crippen molar-refractivity contribution in [2.45, 2.75) is 31.6 Å². The Labute approximate surface area is 131 Å². The number of hydrogen-bond acceptors (Lipinski definition) is 3. The second-order valence-electron chi connectivity index (χ2n) is 6.99. The lowest BCUT2D eigenvalue weighted by molar-refractivity contribution is -0.133. The van der Waals surface area contributed by atoms with Crippen LogP contribution in [-0.2, 0) is 4.79 Å². The Kier molecular flexibility index (Phi) is 3.57. The quantitative estimate of drug-likeness (QED) is 0.864. The molecule has 0 bridgehead atoms. The third kappa shape index (κ3) is 2.39. The molecule has 0 saturated carbocycles. The average molecular weight is 300 g/mol. The number of carbonyl (C=O) groups is 1. The molecule has 0 radical (unpaired) electrons. The van der Waals surface area contributed by atoms with E-state index in [-0.39, 0.29) is 5.92 Å². The zero-order chi connectivity index (χ0) is 15.0. The average Bonchev–Trinajstić information content (AvgIpc) is 2.98. The van der Waals surface area contributed by atoms with Crippen LogP contribution in [0.1, 0.15) is 37.2 Å². The molecule has 1 atom stereocenters. The van der Waals surface area contributed by atoms with Crippen LogP contribution in [0, 0.1) is 5.41 Å². The third-order valence-corrected chi connectivity index (χ3v) is 5.67. The molecule has 2 fully saturated rings. The molecule has 118 valence electrons. The topological polar surface area (TPSA) is 41.6 Å². The molecule has 22 heavy (non-hydrogen) atoms. The van der Waals surface area contributed by atoms with Crippen LogP contribution in [0.5, 0.6) is 5.75 Å². The van der Waals surface area contributed by atoms with Crippen molar-refractivity contribution in [2.75, 3.05) is 32.8 Å². The molecule has 3 aliphatic heterocycles. The summed E-state index contributed by atoms with van der Waals surface area (Å²) in [6.45, 7) is 4.73. The van der Waals surface area contributed by atoms with Gasteiger partial charge in [-0.3, -0.25) is 4.79 Å². The van der Waals surface area contributed by atoms with Gasteiger partial charge in [0, 0.05) is 18.7 Å². The number of amides is 1. The standard InChI is InChI=1S/C18H24N2O2/c21-17(15-5-12-22-16-4-2-1-3-14(15)16)20-11-8-18(13-20)6-9-19-10-7-18/h1-4,15,19H,5-13H2. The zero-order valence-corrected chi connectivity index (χ0v) is 13.0. The number of benzene rings is 1. The van der Waals surface area contributed by atoms with Gasteiger partial charge in [0.2, 0.25) is 5.91 Å². The van der Waals surface area contributed by atoms with Gasteiger partial charge >= 0.3 is 0 Å². The van der Waals surface area contributed by atoms with E-state index < -0.39 is 0 Å². The predicted molar refractivity (Wildman–Crippen MR) is 85.0 cm³/mol. The maximum Gasteiger partial charge on any atom is 0.230 e. The summed E-state index contributed by atoms with van der Waals surface area (Å²) in [7, 11) is 0. The minimum absolute atomic E-state index is 0.0122. The molecule has 1 spiro atoms. The first-order valence-electron chi connectivity index (χ1n) is 8.49. The van der Waals surface area contributed by atoms with Gasteiger partial charge in [0.05, 0.1) is 12.5 Å². The smallest absolute Gasteiger partial charge is 0.230 e. The molecule has 1 unspecified atom stereocenters. The Morgan fingerprint density at radius 3 is 2.91 bits per heavy atom. The summed E-state index contributed by atoms with van der Waals surface area (Å²) in [4.78, 5) is 15.2. The second-order valence-corrected chi connectivity index (χ2v) is 6.99. The molecule has 3 aliphatic rings. The highest BCUT2D eigenvalue weighted by Gasteiger charge is 2.42.